The van der Waals surface area contributed by atoms with Gasteiger partial charge in [-0.3, -0.25) is 4.40 Å². The summed E-state index contributed by atoms with van der Waals surface area (Å²) >= 11 is 0. The molecule has 148 valence electrons. The van der Waals surface area contributed by atoms with Gasteiger partial charge in [-0.25, -0.2) is 9.97 Å². The number of aliphatic hydroxyl groups is 1. The fourth-order valence-corrected chi connectivity index (χ4v) is 3.30. The van der Waals surface area contributed by atoms with Gasteiger partial charge in [0.05, 0.1) is 18.0 Å². The zero-order valence-corrected chi connectivity index (χ0v) is 14.6. The summed E-state index contributed by atoms with van der Waals surface area (Å²) in [4.78, 5) is 10.8. The molecule has 7 nitrogen and oxygen atoms in total. The molecule has 1 fully saturated rings. The molecule has 0 aliphatic carbocycles. The maximum Gasteiger partial charge on any atom is 0.573 e. The predicted octanol–water partition coefficient (Wildman–Crippen LogP) is 2.96. The average Bonchev–Trinajstić information content (AvgIpc) is 3.07. The van der Waals surface area contributed by atoms with E-state index < -0.39 is 17.9 Å². The molecule has 0 amide bonds. The first-order valence-electron chi connectivity index (χ1n) is 8.66. The van der Waals surface area contributed by atoms with E-state index in [1.165, 1.54) is 12.3 Å². The molecule has 0 atom stereocenters. The van der Waals surface area contributed by atoms with Gasteiger partial charge in [0.1, 0.15) is 0 Å². The first-order valence-corrected chi connectivity index (χ1v) is 8.66. The Bertz CT molecular complexity index is 997. The summed E-state index contributed by atoms with van der Waals surface area (Å²) in [6.07, 6.45) is 0.812. The number of alkyl halides is 3. The Kier molecular flexibility index (Phi) is 4.50. The van der Waals surface area contributed by atoms with Gasteiger partial charge in [0, 0.05) is 31.0 Å². The van der Waals surface area contributed by atoms with Crippen LogP contribution in [0.15, 0.2) is 36.8 Å². The monoisotopic (exact) mass is 394 g/mol. The molecule has 0 saturated carbocycles. The van der Waals surface area contributed by atoms with Crippen LogP contribution in [0.25, 0.3) is 16.9 Å². The van der Waals surface area contributed by atoms with Crippen LogP contribution in [0.4, 0.5) is 19.0 Å². The number of benzene rings is 1. The van der Waals surface area contributed by atoms with Crippen molar-refractivity contribution in [1.29, 1.82) is 0 Å². The van der Waals surface area contributed by atoms with Gasteiger partial charge in [-0.15, -0.1) is 13.2 Å². The highest BCUT2D eigenvalue weighted by Gasteiger charge is 2.32. The summed E-state index contributed by atoms with van der Waals surface area (Å²) in [7, 11) is 0. The fourth-order valence-electron chi connectivity index (χ4n) is 3.30. The van der Waals surface area contributed by atoms with Crippen molar-refractivity contribution in [2.24, 2.45) is 0 Å². The minimum absolute atomic E-state index is 0.324. The van der Waals surface area contributed by atoms with E-state index >= 15 is 0 Å². The molecule has 0 radical (unpaired) electrons. The second-order valence-electron chi connectivity index (χ2n) is 6.54. The summed E-state index contributed by atoms with van der Waals surface area (Å²) in [6, 6.07) is 3.74. The van der Waals surface area contributed by atoms with E-state index in [9.17, 15) is 23.4 Å². The number of halogens is 3. The quantitative estimate of drug-likeness (QED) is 0.711. The fraction of sp³-hybridized carbons (Fsp3) is 0.333. The van der Waals surface area contributed by atoms with Crippen molar-refractivity contribution in [1.82, 2.24) is 14.4 Å². The maximum atomic E-state index is 12.6. The van der Waals surface area contributed by atoms with Crippen LogP contribution in [0, 0.1) is 0 Å². The van der Waals surface area contributed by atoms with Crippen LogP contribution >= 0.6 is 0 Å². The van der Waals surface area contributed by atoms with Gasteiger partial charge in [0.25, 0.3) is 0 Å². The molecule has 2 aromatic heterocycles. The second-order valence-corrected chi connectivity index (χ2v) is 6.54. The smallest absolute Gasteiger partial charge is 0.504 e. The third kappa shape index (κ3) is 3.55. The molecule has 1 aliphatic rings. The highest BCUT2D eigenvalue weighted by molar-refractivity contribution is 5.72. The molecule has 4 rings (SSSR count). The van der Waals surface area contributed by atoms with Crippen LogP contribution < -0.4 is 9.64 Å². The topological polar surface area (TPSA) is 83.1 Å². The number of nitrogens with zero attached hydrogens (tertiary/aromatic N) is 4. The van der Waals surface area contributed by atoms with Crippen molar-refractivity contribution in [3.05, 3.63) is 36.8 Å². The first-order chi connectivity index (χ1) is 13.3. The zero-order valence-electron chi connectivity index (χ0n) is 14.6. The Labute approximate surface area is 157 Å². The summed E-state index contributed by atoms with van der Waals surface area (Å²) < 4.78 is 43.3. The molecular weight excluding hydrogens is 377 g/mol. The molecule has 1 aliphatic heterocycles. The number of aliphatic hydroxyl groups excluding tert-OH is 1. The number of phenolic OH excluding ortho intramolecular Hbond substituents is 1. The summed E-state index contributed by atoms with van der Waals surface area (Å²) in [6.45, 7) is 1.28. The Morgan fingerprint density at radius 1 is 1.14 bits per heavy atom. The van der Waals surface area contributed by atoms with E-state index in [0.29, 0.717) is 48.7 Å². The molecule has 1 aromatic carbocycles. The molecule has 2 N–H and O–H groups in total. The average molecular weight is 394 g/mol. The lowest BCUT2D eigenvalue weighted by Crippen LogP contribution is -2.36. The highest BCUT2D eigenvalue weighted by Crippen LogP contribution is 2.36. The Morgan fingerprint density at radius 2 is 1.89 bits per heavy atom. The number of piperidine rings is 1. The van der Waals surface area contributed by atoms with Gasteiger partial charge >= 0.3 is 6.36 Å². The van der Waals surface area contributed by atoms with Crippen molar-refractivity contribution < 1.29 is 28.1 Å². The minimum atomic E-state index is -4.91. The summed E-state index contributed by atoms with van der Waals surface area (Å²) in [5.74, 6) is -0.644. The predicted molar refractivity (Wildman–Crippen MR) is 94.2 cm³/mol. The number of aromatic nitrogens is 3. The minimum Gasteiger partial charge on any atom is -0.504 e. The number of rotatable bonds is 3. The molecule has 0 spiro atoms. The van der Waals surface area contributed by atoms with Gasteiger partial charge in [0.15, 0.2) is 23.0 Å². The molecule has 28 heavy (non-hydrogen) atoms. The number of fused-ring (bicyclic) bond motifs is 1. The van der Waals surface area contributed by atoms with Gasteiger partial charge < -0.3 is 19.8 Å². The number of imidazole rings is 1. The molecule has 3 aromatic rings. The van der Waals surface area contributed by atoms with Crippen LogP contribution in [0.1, 0.15) is 12.8 Å². The Balaban J connectivity index is 1.73. The van der Waals surface area contributed by atoms with E-state index in [1.54, 1.807) is 16.8 Å². The first kappa shape index (κ1) is 18.4. The molecular formula is C18H17F3N4O3. The van der Waals surface area contributed by atoms with Crippen molar-refractivity contribution in [3.8, 4) is 22.8 Å². The van der Waals surface area contributed by atoms with Crippen LogP contribution in [0.2, 0.25) is 0 Å². The van der Waals surface area contributed by atoms with Gasteiger partial charge in [-0.1, -0.05) is 0 Å². The van der Waals surface area contributed by atoms with Crippen LogP contribution in [-0.4, -0.2) is 50.1 Å². The molecule has 3 heterocycles. The largest absolute Gasteiger partial charge is 0.573 e. The third-order valence-electron chi connectivity index (χ3n) is 4.65. The maximum absolute atomic E-state index is 12.6. The van der Waals surface area contributed by atoms with Crippen LogP contribution in [0.3, 0.4) is 0 Å². The lowest BCUT2D eigenvalue weighted by Gasteiger charge is -2.30. The van der Waals surface area contributed by atoms with E-state index in [-0.39, 0.29) is 6.10 Å². The van der Waals surface area contributed by atoms with Crippen molar-refractivity contribution >= 4 is 11.5 Å². The third-order valence-corrected chi connectivity index (χ3v) is 4.65. The van der Waals surface area contributed by atoms with Crippen molar-refractivity contribution in [3.63, 3.8) is 0 Å². The molecule has 1 saturated heterocycles. The molecule has 0 unspecified atom stereocenters. The van der Waals surface area contributed by atoms with Gasteiger partial charge in [-0.05, 0) is 31.0 Å². The highest BCUT2D eigenvalue weighted by atomic mass is 19.4. The number of hydrogen-bond acceptors (Lipinski definition) is 6. The second kappa shape index (κ2) is 6.86. The standard InChI is InChI=1S/C18H17F3N4O3/c19-18(20,21)28-15-9-11(1-2-14(15)27)13-10-23-17-16(22-5-8-25(13)17)24-6-3-12(26)4-7-24/h1-2,5,8-10,12,26-27H,3-4,6-7H2. The number of ether oxygens (including phenoxy) is 1. The van der Waals surface area contributed by atoms with E-state index in [1.807, 2.05) is 4.90 Å². The van der Waals surface area contributed by atoms with Crippen molar-refractivity contribution in [2.45, 2.75) is 25.3 Å². The number of phenols is 1. The normalized spacial score (nSPS) is 15.9. The van der Waals surface area contributed by atoms with Gasteiger partial charge in [0.2, 0.25) is 0 Å². The molecule has 0 bridgehead atoms. The SMILES string of the molecule is Oc1ccc(-c2cnc3c(N4CCC(O)CC4)nccn23)cc1OC(F)(F)F. The Morgan fingerprint density at radius 3 is 2.61 bits per heavy atom. The number of anilines is 1. The summed E-state index contributed by atoms with van der Waals surface area (Å²) in [5.41, 5.74) is 1.48. The van der Waals surface area contributed by atoms with E-state index in [2.05, 4.69) is 14.7 Å². The van der Waals surface area contributed by atoms with Crippen LogP contribution in [-0.2, 0) is 0 Å². The summed E-state index contributed by atoms with van der Waals surface area (Å²) in [5, 5.41) is 19.3. The van der Waals surface area contributed by atoms with E-state index in [0.717, 1.165) is 12.1 Å². The van der Waals surface area contributed by atoms with Crippen LogP contribution in [0.5, 0.6) is 11.5 Å². The van der Waals surface area contributed by atoms with Crippen molar-refractivity contribution in [2.75, 3.05) is 18.0 Å². The Hall–Kier alpha value is -3.01. The van der Waals surface area contributed by atoms with E-state index in [4.69, 9.17) is 0 Å². The number of aromatic hydroxyl groups is 1. The molecule has 10 heteroatoms. The van der Waals surface area contributed by atoms with Gasteiger partial charge in [-0.2, -0.15) is 0 Å². The number of hydrogen-bond donors (Lipinski definition) is 2. The zero-order chi connectivity index (χ0) is 19.9. The lowest BCUT2D eigenvalue weighted by molar-refractivity contribution is -0.275. The lowest BCUT2D eigenvalue weighted by atomic mass is 10.1.